The third-order valence-corrected chi connectivity index (χ3v) is 8.34. The molecule has 0 radical (unpaired) electrons. The smallest absolute Gasteiger partial charge is 0.312 e. The van der Waals surface area contributed by atoms with Crippen molar-refractivity contribution in [2.45, 2.75) is 37.0 Å². The van der Waals surface area contributed by atoms with Crippen molar-refractivity contribution in [3.05, 3.63) is 84.2 Å². The topological polar surface area (TPSA) is 148 Å². The molecule has 3 heterocycles. The molecule has 0 amide bonds. The number of fused-ring (bicyclic) bond motifs is 1. The normalized spacial score (nSPS) is 20.2. The summed E-state index contributed by atoms with van der Waals surface area (Å²) in [6.07, 6.45) is 5.78. The Morgan fingerprint density at radius 3 is 2.46 bits per heavy atom. The predicted molar refractivity (Wildman–Crippen MR) is 148 cm³/mol. The SMILES string of the molecule is CC(=O)O.NC1=NC(c2ccc(OS(=O)(=O)C3CC3)cc2)(c2cccc(-c3cccnc3)c2)C2=NCCCN12. The first kappa shape index (κ1) is 26.4. The van der Waals surface area contributed by atoms with Gasteiger partial charge in [0, 0.05) is 32.4 Å². The van der Waals surface area contributed by atoms with Crippen molar-refractivity contribution in [1.29, 1.82) is 0 Å². The molecule has 1 aromatic heterocycles. The average Bonchev–Trinajstić information content (AvgIpc) is 3.75. The molecule has 2 aromatic carbocycles. The Morgan fingerprint density at radius 1 is 1.08 bits per heavy atom. The van der Waals surface area contributed by atoms with E-state index in [0.29, 0.717) is 25.3 Å². The lowest BCUT2D eigenvalue weighted by Gasteiger charge is -2.33. The number of rotatable bonds is 6. The molecule has 1 atom stereocenters. The van der Waals surface area contributed by atoms with Gasteiger partial charge in [0.05, 0.1) is 5.25 Å². The number of carboxylic acid groups (broad SMARTS) is 1. The molecule has 1 aliphatic carbocycles. The molecule has 11 heteroatoms. The van der Waals surface area contributed by atoms with Crippen molar-refractivity contribution in [2.75, 3.05) is 13.1 Å². The molecule has 10 nitrogen and oxygen atoms in total. The van der Waals surface area contributed by atoms with E-state index in [1.807, 2.05) is 53.6 Å². The van der Waals surface area contributed by atoms with Gasteiger partial charge in [-0.05, 0) is 65.8 Å². The zero-order valence-electron chi connectivity index (χ0n) is 21.4. The van der Waals surface area contributed by atoms with Gasteiger partial charge in [-0.3, -0.25) is 19.7 Å². The van der Waals surface area contributed by atoms with Crippen LogP contribution in [0.2, 0.25) is 0 Å². The fourth-order valence-corrected chi connectivity index (χ4v) is 5.97. The van der Waals surface area contributed by atoms with Gasteiger partial charge in [-0.25, -0.2) is 4.99 Å². The molecule has 3 aliphatic rings. The first-order valence-electron chi connectivity index (χ1n) is 12.6. The number of aromatic nitrogens is 1. The number of amidine groups is 1. The van der Waals surface area contributed by atoms with Gasteiger partial charge in [0.25, 0.3) is 5.97 Å². The highest BCUT2D eigenvalue weighted by molar-refractivity contribution is 7.88. The van der Waals surface area contributed by atoms with Crippen molar-refractivity contribution in [3.8, 4) is 16.9 Å². The van der Waals surface area contributed by atoms with Crippen LogP contribution in [0.3, 0.4) is 0 Å². The van der Waals surface area contributed by atoms with Crippen molar-refractivity contribution in [2.24, 2.45) is 15.7 Å². The number of aliphatic carboxylic acids is 1. The molecular formula is C28H29N5O5S. The second kappa shape index (κ2) is 10.5. The monoisotopic (exact) mass is 547 g/mol. The summed E-state index contributed by atoms with van der Waals surface area (Å²) in [6.45, 7) is 2.53. The summed E-state index contributed by atoms with van der Waals surface area (Å²) in [5.41, 5.74) is 9.24. The van der Waals surface area contributed by atoms with Gasteiger partial charge in [0.2, 0.25) is 0 Å². The van der Waals surface area contributed by atoms with Crippen molar-refractivity contribution in [1.82, 2.24) is 9.88 Å². The van der Waals surface area contributed by atoms with Gasteiger partial charge in [0.1, 0.15) is 11.6 Å². The fourth-order valence-electron chi connectivity index (χ4n) is 4.74. The van der Waals surface area contributed by atoms with Crippen LogP contribution in [-0.4, -0.2) is 59.5 Å². The number of hydrogen-bond acceptors (Lipinski definition) is 9. The molecule has 6 rings (SSSR count). The molecule has 39 heavy (non-hydrogen) atoms. The summed E-state index contributed by atoms with van der Waals surface area (Å²) in [4.78, 5) is 25.1. The Balaban J connectivity index is 0.000000723. The summed E-state index contributed by atoms with van der Waals surface area (Å²) in [6, 6.07) is 19.1. The maximum absolute atomic E-state index is 12.3. The summed E-state index contributed by atoms with van der Waals surface area (Å²) in [5, 5.41) is 7.02. The largest absolute Gasteiger partial charge is 0.481 e. The molecule has 3 N–H and O–H groups in total. The first-order valence-corrected chi connectivity index (χ1v) is 14.1. The number of guanidine groups is 1. The van der Waals surface area contributed by atoms with Gasteiger partial charge >= 0.3 is 10.1 Å². The van der Waals surface area contributed by atoms with Gasteiger partial charge in [-0.2, -0.15) is 8.42 Å². The van der Waals surface area contributed by atoms with Crippen LogP contribution in [0.25, 0.3) is 11.1 Å². The zero-order valence-corrected chi connectivity index (χ0v) is 22.2. The van der Waals surface area contributed by atoms with Crippen LogP contribution >= 0.6 is 0 Å². The third-order valence-electron chi connectivity index (χ3n) is 6.63. The molecule has 0 spiro atoms. The van der Waals surface area contributed by atoms with Crippen LogP contribution in [0.15, 0.2) is 83.0 Å². The minimum Gasteiger partial charge on any atom is -0.481 e. The maximum atomic E-state index is 12.3. The van der Waals surface area contributed by atoms with E-state index in [1.54, 1.807) is 18.3 Å². The van der Waals surface area contributed by atoms with Gasteiger partial charge < -0.3 is 15.0 Å². The number of aliphatic imine (C=N–C) groups is 2. The maximum Gasteiger partial charge on any atom is 0.312 e. The number of carboxylic acids is 1. The number of nitrogens with two attached hydrogens (primary N) is 1. The Morgan fingerprint density at radius 2 is 1.79 bits per heavy atom. The van der Waals surface area contributed by atoms with Crippen LogP contribution in [0.4, 0.5) is 0 Å². The molecule has 1 fully saturated rings. The van der Waals surface area contributed by atoms with E-state index in [-0.39, 0.29) is 5.75 Å². The van der Waals surface area contributed by atoms with E-state index in [4.69, 9.17) is 29.8 Å². The molecule has 202 valence electrons. The Kier molecular flexibility index (Phi) is 7.09. The Hall–Kier alpha value is -4.25. The first-order chi connectivity index (χ1) is 18.7. The van der Waals surface area contributed by atoms with Gasteiger partial charge in [-0.15, -0.1) is 0 Å². The van der Waals surface area contributed by atoms with E-state index in [1.165, 1.54) is 0 Å². The van der Waals surface area contributed by atoms with E-state index >= 15 is 0 Å². The molecule has 1 saturated carbocycles. The number of nitrogens with zero attached hydrogens (tertiary/aromatic N) is 4. The lowest BCUT2D eigenvalue weighted by Crippen LogP contribution is -2.46. The minimum atomic E-state index is -3.59. The summed E-state index contributed by atoms with van der Waals surface area (Å²) >= 11 is 0. The molecule has 2 aliphatic heterocycles. The van der Waals surface area contributed by atoms with E-state index in [0.717, 1.165) is 48.0 Å². The van der Waals surface area contributed by atoms with Crippen molar-refractivity contribution >= 4 is 27.9 Å². The third kappa shape index (κ3) is 5.35. The highest BCUT2D eigenvalue weighted by Gasteiger charge is 2.49. The predicted octanol–water partition coefficient (Wildman–Crippen LogP) is 3.39. The molecule has 1 unspecified atom stereocenters. The number of benzene rings is 2. The highest BCUT2D eigenvalue weighted by Crippen LogP contribution is 2.43. The van der Waals surface area contributed by atoms with E-state index < -0.39 is 26.9 Å². The van der Waals surface area contributed by atoms with Crippen LogP contribution in [-0.2, 0) is 20.5 Å². The number of pyridine rings is 1. The second-order valence-corrected chi connectivity index (χ2v) is 11.4. The molecular weight excluding hydrogens is 518 g/mol. The standard InChI is InChI=1S/C26H25N5O3S.C2H4O2/c27-25-30-26(24-29-14-3-15-31(24)25,21-6-1-4-18(16-21)19-5-2-13-28-17-19)20-7-9-22(10-8-20)34-35(32,33)23-11-12-23;1-2(3)4/h1-2,4-10,13,16-17,23H,3,11-12,14-15H2,(H2,27,30);1H3,(H,3,4). The van der Waals surface area contributed by atoms with E-state index in [2.05, 4.69) is 11.1 Å². The van der Waals surface area contributed by atoms with Gasteiger partial charge in [0.15, 0.2) is 11.5 Å². The summed E-state index contributed by atoms with van der Waals surface area (Å²) in [7, 11) is -3.59. The lowest BCUT2D eigenvalue weighted by atomic mass is 9.81. The molecule has 3 aromatic rings. The molecule has 0 bridgehead atoms. The molecule has 0 saturated heterocycles. The highest BCUT2D eigenvalue weighted by atomic mass is 32.2. The van der Waals surface area contributed by atoms with Crippen LogP contribution in [0.1, 0.15) is 37.3 Å². The average molecular weight is 548 g/mol. The lowest BCUT2D eigenvalue weighted by molar-refractivity contribution is -0.134. The number of hydrogen-bond donors (Lipinski definition) is 2. The van der Waals surface area contributed by atoms with Crippen molar-refractivity contribution < 1.29 is 22.5 Å². The van der Waals surface area contributed by atoms with Crippen LogP contribution in [0, 0.1) is 0 Å². The summed E-state index contributed by atoms with van der Waals surface area (Å²) in [5.74, 6) is 0.660. The Labute approximate surface area is 227 Å². The number of carbonyl (C=O) groups is 1. The minimum absolute atomic E-state index is 0.289. The second-order valence-electron chi connectivity index (χ2n) is 9.53. The van der Waals surface area contributed by atoms with Crippen molar-refractivity contribution in [3.63, 3.8) is 0 Å². The Bertz CT molecular complexity index is 1530. The zero-order chi connectivity index (χ0) is 27.6. The van der Waals surface area contributed by atoms with Gasteiger partial charge in [-0.1, -0.05) is 36.4 Å². The van der Waals surface area contributed by atoms with Crippen LogP contribution in [0.5, 0.6) is 5.75 Å². The summed E-state index contributed by atoms with van der Waals surface area (Å²) < 4.78 is 29.9. The van der Waals surface area contributed by atoms with Crippen LogP contribution < -0.4 is 9.92 Å². The fraction of sp³-hybridized carbons (Fsp3) is 0.286. The quantitative estimate of drug-likeness (QED) is 0.446. The van der Waals surface area contributed by atoms with E-state index in [9.17, 15) is 8.42 Å².